The number of carbonyl (C=O) groups is 1. The molecule has 7 nitrogen and oxygen atoms in total. The largest absolute Gasteiger partial charge is 0.493 e. The molecule has 0 bridgehead atoms. The molecule has 0 aromatic heterocycles. The normalized spacial score (nSPS) is 11.5. The van der Waals surface area contributed by atoms with Crippen molar-refractivity contribution in [2.45, 2.75) is 13.0 Å². The molecule has 1 unspecified atom stereocenters. The van der Waals surface area contributed by atoms with Gasteiger partial charge in [0.1, 0.15) is 0 Å². The lowest BCUT2D eigenvalue weighted by atomic mass is 10.1. The highest BCUT2D eigenvalue weighted by atomic mass is 32.2. The zero-order chi connectivity index (χ0) is 19.1. The van der Waals surface area contributed by atoms with E-state index in [2.05, 4.69) is 5.32 Å². The van der Waals surface area contributed by atoms with E-state index in [1.807, 2.05) is 6.07 Å². The molecule has 2 N–H and O–H groups in total. The van der Waals surface area contributed by atoms with E-state index in [0.717, 1.165) is 11.1 Å². The number of carbonyl (C=O) groups excluding carboxylic acids is 1. The van der Waals surface area contributed by atoms with Gasteiger partial charge in [0.05, 0.1) is 26.3 Å². The van der Waals surface area contributed by atoms with Crippen molar-refractivity contribution in [3.05, 3.63) is 53.6 Å². The quantitative estimate of drug-likeness (QED) is 0.687. The highest BCUT2D eigenvalue weighted by Gasteiger charge is 2.13. The maximum atomic E-state index is 12.2. The number of para-hydroxylation sites is 1. The predicted octanol–water partition coefficient (Wildman–Crippen LogP) is 2.14. The number of ether oxygens (including phenoxy) is 2. The molecule has 140 valence electrons. The van der Waals surface area contributed by atoms with Crippen LogP contribution in [0, 0.1) is 0 Å². The summed E-state index contributed by atoms with van der Waals surface area (Å²) >= 11 is -2.13. The average Bonchev–Trinajstić information content (AvgIpc) is 2.65. The zero-order valence-electron chi connectivity index (χ0n) is 14.9. The third-order valence-corrected chi connectivity index (χ3v) is 4.52. The fraction of sp³-hybridized carbons (Fsp3) is 0.278. The number of methoxy groups -OCH3 is 2. The zero-order valence-corrected chi connectivity index (χ0v) is 15.7. The van der Waals surface area contributed by atoms with E-state index in [9.17, 15) is 13.6 Å². The first-order valence-corrected chi connectivity index (χ1v) is 8.92. The molecule has 26 heavy (non-hydrogen) atoms. The summed E-state index contributed by atoms with van der Waals surface area (Å²) in [6, 6.07) is 12.4. The van der Waals surface area contributed by atoms with Crippen molar-refractivity contribution < 1.29 is 23.0 Å². The molecule has 0 saturated carbocycles. The second-order valence-electron chi connectivity index (χ2n) is 5.50. The molecule has 0 aliphatic heterocycles. The Balaban J connectivity index is 2.03. The van der Waals surface area contributed by atoms with Crippen LogP contribution in [-0.2, 0) is 29.0 Å². The fourth-order valence-electron chi connectivity index (χ4n) is 2.48. The highest BCUT2D eigenvalue weighted by molar-refractivity contribution is 7.80. The predicted molar refractivity (Wildman–Crippen MR) is 101 cm³/mol. The molecule has 1 amide bonds. The van der Waals surface area contributed by atoms with Crippen molar-refractivity contribution >= 4 is 22.9 Å². The Bertz CT molecular complexity index is 797. The molecule has 0 saturated heterocycles. The number of nitrogens with zero attached hydrogens (tertiary/aromatic N) is 1. The van der Waals surface area contributed by atoms with E-state index >= 15 is 0 Å². The maximum absolute atomic E-state index is 12.2. The van der Waals surface area contributed by atoms with Crippen molar-refractivity contribution in [1.29, 1.82) is 0 Å². The Labute approximate surface area is 155 Å². The monoisotopic (exact) mass is 378 g/mol. The van der Waals surface area contributed by atoms with E-state index in [-0.39, 0.29) is 18.9 Å². The Morgan fingerprint density at radius 2 is 1.85 bits per heavy atom. The number of nitrogens with one attached hydrogen (secondary N) is 1. The van der Waals surface area contributed by atoms with Crippen molar-refractivity contribution in [2.24, 2.45) is 0 Å². The minimum Gasteiger partial charge on any atom is -0.493 e. The molecule has 2 rings (SSSR count). The Kier molecular flexibility index (Phi) is 6.99. The molecule has 0 spiro atoms. The van der Waals surface area contributed by atoms with Gasteiger partial charge in [0, 0.05) is 13.6 Å². The Hall–Kier alpha value is -2.58. The molecule has 0 heterocycles. The fourth-order valence-corrected chi connectivity index (χ4v) is 2.83. The second-order valence-corrected chi connectivity index (χ2v) is 6.51. The number of hydrogen-bond donors (Lipinski definition) is 2. The van der Waals surface area contributed by atoms with Gasteiger partial charge in [-0.2, -0.15) is 0 Å². The molecule has 8 heteroatoms. The van der Waals surface area contributed by atoms with Gasteiger partial charge in [0.15, 0.2) is 11.5 Å². The Morgan fingerprint density at radius 1 is 1.15 bits per heavy atom. The molecular formula is C18H22N2O5S. The summed E-state index contributed by atoms with van der Waals surface area (Å²) in [5.41, 5.74) is 2.12. The van der Waals surface area contributed by atoms with Crippen LogP contribution in [0.5, 0.6) is 11.5 Å². The summed E-state index contributed by atoms with van der Waals surface area (Å²) < 4.78 is 32.2. The minimum absolute atomic E-state index is 0.167. The molecule has 0 aliphatic carbocycles. The van der Waals surface area contributed by atoms with Gasteiger partial charge in [0.25, 0.3) is 11.3 Å². The summed E-state index contributed by atoms with van der Waals surface area (Å²) in [6.45, 7) is 0.254. The van der Waals surface area contributed by atoms with Crippen molar-refractivity contribution in [2.75, 3.05) is 25.6 Å². The summed E-state index contributed by atoms with van der Waals surface area (Å²) in [7, 11) is 4.61. The second kappa shape index (κ2) is 9.21. The van der Waals surface area contributed by atoms with Crippen LogP contribution in [0.4, 0.5) is 5.69 Å². The van der Waals surface area contributed by atoms with Gasteiger partial charge in [-0.05, 0) is 29.3 Å². The van der Waals surface area contributed by atoms with Crippen LogP contribution in [0.25, 0.3) is 0 Å². The number of hydrogen-bond acceptors (Lipinski definition) is 4. The lowest BCUT2D eigenvalue weighted by Crippen LogP contribution is -2.27. The lowest BCUT2D eigenvalue weighted by Gasteiger charge is -2.18. The van der Waals surface area contributed by atoms with Crippen LogP contribution in [0.15, 0.2) is 42.5 Å². The number of anilines is 1. The van der Waals surface area contributed by atoms with E-state index in [0.29, 0.717) is 17.2 Å². The smallest absolute Gasteiger partial charge is 0.261 e. The molecule has 0 aliphatic rings. The van der Waals surface area contributed by atoms with Gasteiger partial charge < -0.3 is 14.8 Å². The van der Waals surface area contributed by atoms with Gasteiger partial charge in [-0.1, -0.05) is 24.3 Å². The number of rotatable bonds is 8. The molecule has 2 aromatic carbocycles. The van der Waals surface area contributed by atoms with Crippen LogP contribution in [-0.4, -0.2) is 35.9 Å². The van der Waals surface area contributed by atoms with Gasteiger partial charge in [-0.25, -0.2) is 4.21 Å². The molecule has 1 atom stereocenters. The van der Waals surface area contributed by atoms with Crippen LogP contribution < -0.4 is 19.1 Å². The summed E-state index contributed by atoms with van der Waals surface area (Å²) in [5, 5.41) is 2.83. The highest BCUT2D eigenvalue weighted by Crippen LogP contribution is 2.27. The molecule has 0 fully saturated rings. The van der Waals surface area contributed by atoms with E-state index in [1.165, 1.54) is 11.4 Å². The van der Waals surface area contributed by atoms with Crippen molar-refractivity contribution in [3.8, 4) is 11.5 Å². The first kappa shape index (κ1) is 19.7. The van der Waals surface area contributed by atoms with E-state index in [4.69, 9.17) is 9.47 Å². The topological polar surface area (TPSA) is 88.1 Å². The van der Waals surface area contributed by atoms with Gasteiger partial charge in [-0.15, -0.1) is 0 Å². The van der Waals surface area contributed by atoms with Crippen LogP contribution >= 0.6 is 0 Å². The van der Waals surface area contributed by atoms with Crippen molar-refractivity contribution in [1.82, 2.24) is 5.32 Å². The first-order valence-electron chi connectivity index (χ1n) is 7.86. The van der Waals surface area contributed by atoms with Crippen LogP contribution in [0.1, 0.15) is 11.1 Å². The lowest BCUT2D eigenvalue weighted by molar-refractivity contribution is -0.120. The molecule has 2 aromatic rings. The standard InChI is InChI=1S/C18H22N2O5S/c1-20(26(22)23)15-7-5-4-6-14(15)12-19-18(21)11-13-8-9-16(24-2)17(10-13)25-3/h4-10H,11-12H2,1-3H3,(H,19,21)(H,22,23). The van der Waals surface area contributed by atoms with Crippen molar-refractivity contribution in [3.63, 3.8) is 0 Å². The van der Waals surface area contributed by atoms with Gasteiger partial charge in [-0.3, -0.25) is 13.7 Å². The number of benzene rings is 2. The summed E-state index contributed by atoms with van der Waals surface area (Å²) in [6.07, 6.45) is 0.185. The third kappa shape index (κ3) is 4.96. The average molecular weight is 378 g/mol. The van der Waals surface area contributed by atoms with Gasteiger partial charge in [0.2, 0.25) is 5.91 Å². The summed E-state index contributed by atoms with van der Waals surface area (Å²) in [5.74, 6) is 1.00. The molecular weight excluding hydrogens is 356 g/mol. The van der Waals surface area contributed by atoms with E-state index in [1.54, 1.807) is 50.6 Å². The van der Waals surface area contributed by atoms with Crippen LogP contribution in [0.2, 0.25) is 0 Å². The SMILES string of the molecule is COc1ccc(CC(=O)NCc2ccccc2N(C)S(=O)O)cc1OC. The van der Waals surface area contributed by atoms with Crippen LogP contribution in [0.3, 0.4) is 0 Å². The van der Waals surface area contributed by atoms with Gasteiger partial charge >= 0.3 is 0 Å². The van der Waals surface area contributed by atoms with E-state index < -0.39 is 11.3 Å². The molecule has 0 radical (unpaired) electrons. The summed E-state index contributed by atoms with van der Waals surface area (Å²) in [4.78, 5) is 12.2. The minimum atomic E-state index is -2.13. The first-order chi connectivity index (χ1) is 12.5. The number of amides is 1. The Morgan fingerprint density at radius 3 is 2.50 bits per heavy atom. The third-order valence-electron chi connectivity index (χ3n) is 3.85. The maximum Gasteiger partial charge on any atom is 0.261 e.